The largest absolute Gasteiger partial charge is 0.378 e. The van der Waals surface area contributed by atoms with Gasteiger partial charge in [0.1, 0.15) is 5.60 Å². The van der Waals surface area contributed by atoms with Gasteiger partial charge in [-0.05, 0) is 29.3 Å². The fraction of sp³-hybridized carbons (Fsp3) is 0.182. The third-order valence-corrected chi connectivity index (χ3v) is 5.03. The molecule has 0 fully saturated rings. The highest BCUT2D eigenvalue weighted by atomic mass is 16.3. The first-order chi connectivity index (χ1) is 11.7. The van der Waals surface area contributed by atoms with Gasteiger partial charge < -0.3 is 5.11 Å². The summed E-state index contributed by atoms with van der Waals surface area (Å²) >= 11 is 0. The van der Waals surface area contributed by atoms with Gasteiger partial charge in [0.05, 0.1) is 6.04 Å². The van der Waals surface area contributed by atoms with E-state index in [2.05, 4.69) is 36.2 Å². The minimum absolute atomic E-state index is 0.113. The maximum atomic E-state index is 12.0. The Balaban J connectivity index is 1.95. The molecule has 0 saturated carbocycles. The first-order valence-corrected chi connectivity index (χ1v) is 8.32. The maximum Gasteiger partial charge on any atom is 0.134 e. The third kappa shape index (κ3) is 2.27. The second-order valence-corrected chi connectivity index (χ2v) is 6.51. The Morgan fingerprint density at radius 1 is 0.792 bits per heavy atom. The van der Waals surface area contributed by atoms with Gasteiger partial charge in [-0.2, -0.15) is 0 Å². The van der Waals surface area contributed by atoms with Crippen LogP contribution < -0.4 is 0 Å². The summed E-state index contributed by atoms with van der Waals surface area (Å²) in [5.74, 6) is 0. The number of likely N-dealkylation sites (N-methyl/N-ethyl adjacent to an activating group) is 1. The number of rotatable bonds is 3. The molecule has 1 aliphatic rings. The molecule has 1 heterocycles. The summed E-state index contributed by atoms with van der Waals surface area (Å²) in [6.07, 6.45) is 0. The van der Waals surface area contributed by atoms with E-state index in [0.29, 0.717) is 0 Å². The Morgan fingerprint density at radius 2 is 1.29 bits per heavy atom. The van der Waals surface area contributed by atoms with Crippen LogP contribution in [0, 0.1) is 0 Å². The highest BCUT2D eigenvalue weighted by Gasteiger charge is 2.46. The van der Waals surface area contributed by atoms with Gasteiger partial charge >= 0.3 is 0 Å². The molecule has 3 aromatic carbocycles. The SMILES string of the molecule is CN1Cc2ccccc2C1C(O)(c1ccccc1)c1ccccc1. The standard InChI is InChI=1S/C22H21NO/c1-23-16-17-10-8-9-15-20(17)21(23)22(24,18-11-4-2-5-12-18)19-13-6-3-7-14-19/h2-15,21,24H,16H2,1H3. The van der Waals surface area contributed by atoms with Crippen molar-refractivity contribution in [2.24, 2.45) is 0 Å². The van der Waals surface area contributed by atoms with Crippen LogP contribution in [0.2, 0.25) is 0 Å². The van der Waals surface area contributed by atoms with E-state index < -0.39 is 5.60 Å². The van der Waals surface area contributed by atoms with E-state index in [9.17, 15) is 5.11 Å². The van der Waals surface area contributed by atoms with E-state index in [-0.39, 0.29) is 6.04 Å². The van der Waals surface area contributed by atoms with Crippen molar-refractivity contribution in [2.75, 3.05) is 7.05 Å². The molecule has 0 radical (unpaired) electrons. The number of benzene rings is 3. The monoisotopic (exact) mass is 315 g/mol. The van der Waals surface area contributed by atoms with Gasteiger partial charge in [0.25, 0.3) is 0 Å². The quantitative estimate of drug-likeness (QED) is 0.786. The van der Waals surface area contributed by atoms with Gasteiger partial charge in [-0.1, -0.05) is 84.9 Å². The van der Waals surface area contributed by atoms with Crippen molar-refractivity contribution in [3.63, 3.8) is 0 Å². The molecule has 3 aromatic rings. The molecule has 0 amide bonds. The molecule has 2 heteroatoms. The van der Waals surface area contributed by atoms with Gasteiger partial charge in [-0.25, -0.2) is 0 Å². The highest BCUT2D eigenvalue weighted by Crippen LogP contribution is 2.48. The first kappa shape index (κ1) is 15.1. The van der Waals surface area contributed by atoms with Crippen molar-refractivity contribution < 1.29 is 5.11 Å². The Labute approximate surface area is 143 Å². The molecule has 24 heavy (non-hydrogen) atoms. The van der Waals surface area contributed by atoms with Crippen LogP contribution in [0.4, 0.5) is 0 Å². The number of fused-ring (bicyclic) bond motifs is 1. The molecule has 0 aliphatic carbocycles. The fourth-order valence-corrected chi connectivity index (χ4v) is 3.95. The first-order valence-electron chi connectivity index (χ1n) is 8.32. The molecule has 1 aliphatic heterocycles. The topological polar surface area (TPSA) is 23.5 Å². The van der Waals surface area contributed by atoms with Crippen molar-refractivity contribution in [1.29, 1.82) is 0 Å². The molecular formula is C22H21NO. The van der Waals surface area contributed by atoms with Crippen molar-refractivity contribution in [1.82, 2.24) is 4.90 Å². The lowest BCUT2D eigenvalue weighted by Crippen LogP contribution is -2.40. The van der Waals surface area contributed by atoms with E-state index in [1.165, 1.54) is 11.1 Å². The summed E-state index contributed by atoms with van der Waals surface area (Å²) in [7, 11) is 2.08. The number of hydrogen-bond donors (Lipinski definition) is 1. The van der Waals surface area contributed by atoms with E-state index in [1.807, 2.05) is 60.7 Å². The van der Waals surface area contributed by atoms with E-state index >= 15 is 0 Å². The molecule has 0 saturated heterocycles. The average molecular weight is 315 g/mol. The average Bonchev–Trinajstić information content (AvgIpc) is 2.99. The summed E-state index contributed by atoms with van der Waals surface area (Å²) in [6, 6.07) is 28.3. The minimum atomic E-state index is -1.09. The van der Waals surface area contributed by atoms with Crippen LogP contribution in [0.5, 0.6) is 0 Å². The molecule has 4 rings (SSSR count). The summed E-state index contributed by atoms with van der Waals surface area (Å²) in [5, 5.41) is 12.0. The molecule has 0 bridgehead atoms. The zero-order chi connectivity index (χ0) is 16.6. The fourth-order valence-electron chi connectivity index (χ4n) is 3.95. The predicted octanol–water partition coefficient (Wildman–Crippen LogP) is 4.11. The van der Waals surface area contributed by atoms with E-state index in [4.69, 9.17) is 0 Å². The summed E-state index contributed by atoms with van der Waals surface area (Å²) in [5.41, 5.74) is 3.24. The smallest absolute Gasteiger partial charge is 0.134 e. The number of hydrogen-bond acceptors (Lipinski definition) is 2. The normalized spacial score (nSPS) is 17.7. The molecule has 0 aromatic heterocycles. The lowest BCUT2D eigenvalue weighted by Gasteiger charge is -2.39. The summed E-state index contributed by atoms with van der Waals surface area (Å²) < 4.78 is 0. The van der Waals surface area contributed by atoms with Gasteiger partial charge in [-0.15, -0.1) is 0 Å². The minimum Gasteiger partial charge on any atom is -0.378 e. The molecule has 0 spiro atoms. The Hall–Kier alpha value is -2.42. The van der Waals surface area contributed by atoms with Crippen molar-refractivity contribution in [3.8, 4) is 0 Å². The second kappa shape index (κ2) is 5.90. The van der Waals surface area contributed by atoms with E-state index in [0.717, 1.165) is 17.7 Å². The lowest BCUT2D eigenvalue weighted by atomic mass is 9.77. The zero-order valence-corrected chi connectivity index (χ0v) is 13.8. The van der Waals surface area contributed by atoms with Crippen LogP contribution in [0.15, 0.2) is 84.9 Å². The second-order valence-electron chi connectivity index (χ2n) is 6.51. The highest BCUT2D eigenvalue weighted by molar-refractivity contribution is 5.45. The molecular weight excluding hydrogens is 294 g/mol. The predicted molar refractivity (Wildman–Crippen MR) is 96.5 cm³/mol. The number of aliphatic hydroxyl groups is 1. The molecule has 1 N–H and O–H groups in total. The molecule has 2 nitrogen and oxygen atoms in total. The van der Waals surface area contributed by atoms with Crippen molar-refractivity contribution >= 4 is 0 Å². The Bertz CT molecular complexity index is 789. The van der Waals surface area contributed by atoms with Gasteiger partial charge in [-0.3, -0.25) is 4.90 Å². The van der Waals surface area contributed by atoms with Gasteiger partial charge in [0, 0.05) is 6.54 Å². The Kier molecular flexibility index (Phi) is 3.72. The van der Waals surface area contributed by atoms with Crippen LogP contribution in [-0.2, 0) is 12.1 Å². The van der Waals surface area contributed by atoms with Crippen molar-refractivity contribution in [2.45, 2.75) is 18.2 Å². The lowest BCUT2D eigenvalue weighted by molar-refractivity contribution is -0.00705. The molecule has 120 valence electrons. The summed E-state index contributed by atoms with van der Waals surface area (Å²) in [4.78, 5) is 2.24. The Morgan fingerprint density at radius 3 is 1.88 bits per heavy atom. The maximum absolute atomic E-state index is 12.0. The third-order valence-electron chi connectivity index (χ3n) is 5.03. The molecule has 1 atom stereocenters. The van der Waals surface area contributed by atoms with E-state index in [1.54, 1.807) is 0 Å². The van der Waals surface area contributed by atoms with Crippen LogP contribution in [-0.4, -0.2) is 17.1 Å². The van der Waals surface area contributed by atoms with Crippen LogP contribution >= 0.6 is 0 Å². The van der Waals surface area contributed by atoms with Crippen LogP contribution in [0.1, 0.15) is 28.3 Å². The number of nitrogens with zero attached hydrogens (tertiary/aromatic N) is 1. The van der Waals surface area contributed by atoms with Gasteiger partial charge in [0.15, 0.2) is 0 Å². The van der Waals surface area contributed by atoms with Crippen LogP contribution in [0.25, 0.3) is 0 Å². The zero-order valence-electron chi connectivity index (χ0n) is 13.8. The van der Waals surface area contributed by atoms with Gasteiger partial charge in [0.2, 0.25) is 0 Å². The molecule has 1 unspecified atom stereocenters. The van der Waals surface area contributed by atoms with Crippen molar-refractivity contribution in [3.05, 3.63) is 107 Å². The van der Waals surface area contributed by atoms with Crippen LogP contribution in [0.3, 0.4) is 0 Å². The summed E-state index contributed by atoms with van der Waals surface area (Å²) in [6.45, 7) is 0.850.